The molecule has 0 aliphatic heterocycles. The summed E-state index contributed by atoms with van der Waals surface area (Å²) in [5, 5.41) is 7.59. The van der Waals surface area contributed by atoms with Crippen LogP contribution in [0.1, 0.15) is 0 Å². The predicted octanol–water partition coefficient (Wildman–Crippen LogP) is 16.9. The molecule has 0 radical (unpaired) electrons. The smallest absolute Gasteiger partial charge is 0.0541 e. The molecule has 0 saturated heterocycles. The van der Waals surface area contributed by atoms with E-state index in [1.165, 1.54) is 108 Å². The van der Waals surface area contributed by atoms with Crippen LogP contribution in [0, 0.1) is 0 Å². The fraction of sp³-hybridized carbons (Fsp3) is 0. The molecule has 0 aliphatic rings. The van der Waals surface area contributed by atoms with Crippen molar-refractivity contribution < 1.29 is 0 Å². The van der Waals surface area contributed by atoms with E-state index >= 15 is 0 Å². The number of thiophene rings is 1. The largest absolute Gasteiger partial charge is 0.309 e. The highest BCUT2D eigenvalue weighted by Crippen LogP contribution is 2.42. The van der Waals surface area contributed by atoms with Crippen LogP contribution in [0.3, 0.4) is 0 Å². The fourth-order valence-corrected chi connectivity index (χ4v) is 11.0. The molecular formula is C60H38N2S. The first-order valence-corrected chi connectivity index (χ1v) is 22.4. The Morgan fingerprint density at radius 3 is 1.13 bits per heavy atom. The van der Waals surface area contributed by atoms with Crippen LogP contribution in [0.4, 0.5) is 0 Å². The number of rotatable bonds is 6. The van der Waals surface area contributed by atoms with Gasteiger partial charge in [0.15, 0.2) is 0 Å². The number of nitrogens with zero attached hydrogens (tertiary/aromatic N) is 2. The molecule has 3 aromatic heterocycles. The van der Waals surface area contributed by atoms with Gasteiger partial charge in [-0.3, -0.25) is 0 Å². The molecule has 13 aromatic rings. The van der Waals surface area contributed by atoms with Gasteiger partial charge in [-0.2, -0.15) is 0 Å². The minimum atomic E-state index is 1.15. The number of hydrogen-bond acceptors (Lipinski definition) is 1. The van der Waals surface area contributed by atoms with Gasteiger partial charge in [-0.1, -0.05) is 140 Å². The lowest BCUT2D eigenvalue weighted by Crippen LogP contribution is -1.94. The second kappa shape index (κ2) is 14.3. The summed E-state index contributed by atoms with van der Waals surface area (Å²) in [6.45, 7) is 0. The van der Waals surface area contributed by atoms with Crippen molar-refractivity contribution >= 4 is 75.1 Å². The second-order valence-electron chi connectivity index (χ2n) is 16.5. The third kappa shape index (κ3) is 5.85. The zero-order valence-corrected chi connectivity index (χ0v) is 35.1. The van der Waals surface area contributed by atoms with Crippen LogP contribution in [-0.2, 0) is 0 Å². The number of para-hydroxylation sites is 1. The minimum absolute atomic E-state index is 1.15. The molecule has 0 aliphatic carbocycles. The van der Waals surface area contributed by atoms with Gasteiger partial charge in [0.1, 0.15) is 0 Å². The Morgan fingerprint density at radius 2 is 0.587 bits per heavy atom. The summed E-state index contributed by atoms with van der Waals surface area (Å²) in [6, 6.07) is 84.8. The molecule has 0 unspecified atom stereocenters. The molecular weight excluding hydrogens is 781 g/mol. The molecule has 63 heavy (non-hydrogen) atoms. The predicted molar refractivity (Wildman–Crippen MR) is 270 cm³/mol. The summed E-state index contributed by atoms with van der Waals surface area (Å²) in [5.41, 5.74) is 16.7. The van der Waals surface area contributed by atoms with Crippen molar-refractivity contribution in [3.63, 3.8) is 0 Å². The van der Waals surface area contributed by atoms with Gasteiger partial charge in [-0.15, -0.1) is 11.3 Å². The highest BCUT2D eigenvalue weighted by Gasteiger charge is 2.18. The van der Waals surface area contributed by atoms with Gasteiger partial charge in [0, 0.05) is 53.1 Å². The van der Waals surface area contributed by atoms with Crippen LogP contribution in [-0.4, -0.2) is 9.13 Å². The maximum atomic E-state index is 2.45. The Morgan fingerprint density at radius 1 is 0.222 bits per heavy atom. The van der Waals surface area contributed by atoms with Crippen molar-refractivity contribution in [3.05, 3.63) is 231 Å². The number of aromatic nitrogens is 2. The summed E-state index contributed by atoms with van der Waals surface area (Å²) in [6.07, 6.45) is 0. The SMILES string of the molecule is c1ccc(-c2ccc3c(c2)c2cc(-c4ccc5c(c4)c4cc(-c6ccccc6)ccc4n5-c4cccc(-c5ccc6sc7ccccc7c6c5)c4)ccc2n3-c2ccccc2)cc1. The molecule has 0 spiro atoms. The van der Waals surface area contributed by atoms with Crippen LogP contribution < -0.4 is 0 Å². The average Bonchev–Trinajstić information content (AvgIpc) is 4.01. The Labute approximate surface area is 368 Å². The van der Waals surface area contributed by atoms with Crippen LogP contribution in [0.2, 0.25) is 0 Å². The summed E-state index contributed by atoms with van der Waals surface area (Å²) in [4.78, 5) is 0. The summed E-state index contributed by atoms with van der Waals surface area (Å²) < 4.78 is 7.50. The zero-order chi connectivity index (χ0) is 41.4. The Kier molecular flexibility index (Phi) is 8.12. The zero-order valence-electron chi connectivity index (χ0n) is 34.2. The third-order valence-corrected chi connectivity index (χ3v) is 14.1. The normalized spacial score (nSPS) is 11.8. The highest BCUT2D eigenvalue weighted by atomic mass is 32.1. The van der Waals surface area contributed by atoms with Gasteiger partial charge in [0.05, 0.1) is 22.1 Å². The molecule has 294 valence electrons. The topological polar surface area (TPSA) is 9.86 Å². The molecule has 10 aromatic carbocycles. The van der Waals surface area contributed by atoms with E-state index in [-0.39, 0.29) is 0 Å². The molecule has 0 bridgehead atoms. The average molecular weight is 819 g/mol. The van der Waals surface area contributed by atoms with Gasteiger partial charge < -0.3 is 9.13 Å². The Balaban J connectivity index is 0.996. The first kappa shape index (κ1) is 35.7. The lowest BCUT2D eigenvalue weighted by molar-refractivity contribution is 1.18. The first-order chi connectivity index (χ1) is 31.2. The van der Waals surface area contributed by atoms with E-state index in [9.17, 15) is 0 Å². The molecule has 13 rings (SSSR count). The van der Waals surface area contributed by atoms with Gasteiger partial charge in [0.2, 0.25) is 0 Å². The molecule has 3 heteroatoms. The molecule has 0 fully saturated rings. The highest BCUT2D eigenvalue weighted by molar-refractivity contribution is 7.25. The van der Waals surface area contributed by atoms with Crippen molar-refractivity contribution in [1.29, 1.82) is 0 Å². The molecule has 0 saturated carbocycles. The number of fused-ring (bicyclic) bond motifs is 9. The Hall–Kier alpha value is -7.98. The summed E-state index contributed by atoms with van der Waals surface area (Å²) >= 11 is 1.86. The van der Waals surface area contributed by atoms with E-state index in [1.54, 1.807) is 0 Å². The molecule has 3 heterocycles. The summed E-state index contributed by atoms with van der Waals surface area (Å²) in [5.74, 6) is 0. The number of hydrogen-bond donors (Lipinski definition) is 0. The third-order valence-electron chi connectivity index (χ3n) is 12.9. The maximum Gasteiger partial charge on any atom is 0.0541 e. The van der Waals surface area contributed by atoms with Crippen molar-refractivity contribution in [2.24, 2.45) is 0 Å². The van der Waals surface area contributed by atoms with E-state index in [0.717, 1.165) is 11.4 Å². The lowest BCUT2D eigenvalue weighted by atomic mass is 9.98. The van der Waals surface area contributed by atoms with E-state index in [4.69, 9.17) is 0 Å². The van der Waals surface area contributed by atoms with Crippen LogP contribution in [0.25, 0.3) is 120 Å². The molecule has 0 N–H and O–H groups in total. The van der Waals surface area contributed by atoms with Gasteiger partial charge >= 0.3 is 0 Å². The number of benzene rings is 10. The van der Waals surface area contributed by atoms with Crippen LogP contribution in [0.15, 0.2) is 231 Å². The summed E-state index contributed by atoms with van der Waals surface area (Å²) in [7, 11) is 0. The van der Waals surface area contributed by atoms with Crippen LogP contribution >= 0.6 is 11.3 Å². The molecule has 0 amide bonds. The fourth-order valence-electron chi connectivity index (χ4n) is 9.89. The van der Waals surface area contributed by atoms with Gasteiger partial charge in [-0.25, -0.2) is 0 Å². The molecule has 0 atom stereocenters. The monoisotopic (exact) mass is 818 g/mol. The van der Waals surface area contributed by atoms with Gasteiger partial charge in [-0.05, 0) is 136 Å². The minimum Gasteiger partial charge on any atom is -0.309 e. The van der Waals surface area contributed by atoms with E-state index in [2.05, 4.69) is 240 Å². The van der Waals surface area contributed by atoms with E-state index < -0.39 is 0 Å². The van der Waals surface area contributed by atoms with Crippen molar-refractivity contribution in [3.8, 4) is 55.9 Å². The Bertz CT molecular complexity index is 3890. The van der Waals surface area contributed by atoms with Gasteiger partial charge in [0.25, 0.3) is 0 Å². The van der Waals surface area contributed by atoms with Crippen molar-refractivity contribution in [2.75, 3.05) is 0 Å². The maximum absolute atomic E-state index is 2.45. The first-order valence-electron chi connectivity index (χ1n) is 21.6. The standard InChI is InChI=1S/C60H38N2S/c1-4-13-39(14-5-1)42-23-28-55-50(34-42)52-36-44(25-30-56(52)61(55)47-18-8-3-9-19-47)45-26-31-58-53(37-45)51-35-43(40-15-6-2-7-16-40)24-29-57(51)62(58)48-20-12-17-41(33-48)46-27-32-60-54(38-46)49-21-10-11-22-59(49)63-60/h1-38H. The lowest BCUT2D eigenvalue weighted by Gasteiger charge is -2.11. The van der Waals surface area contributed by atoms with Crippen molar-refractivity contribution in [1.82, 2.24) is 9.13 Å². The quantitative estimate of drug-likeness (QED) is 0.158. The molecule has 2 nitrogen and oxygen atoms in total. The van der Waals surface area contributed by atoms with E-state index in [0.29, 0.717) is 0 Å². The van der Waals surface area contributed by atoms with Crippen molar-refractivity contribution in [2.45, 2.75) is 0 Å². The van der Waals surface area contributed by atoms with E-state index in [1.807, 2.05) is 11.3 Å². The van der Waals surface area contributed by atoms with Crippen LogP contribution in [0.5, 0.6) is 0 Å². The second-order valence-corrected chi connectivity index (χ2v) is 17.6.